The molecule has 2 N–H and O–H groups in total. The van der Waals surface area contributed by atoms with E-state index < -0.39 is 26.0 Å². The summed E-state index contributed by atoms with van der Waals surface area (Å²) in [5.41, 5.74) is -0.154. The van der Waals surface area contributed by atoms with Crippen LogP contribution in [0.1, 0.15) is 13.3 Å². The number of rotatable bonds is 9. The first kappa shape index (κ1) is 20.2. The zero-order chi connectivity index (χ0) is 18.5. The van der Waals surface area contributed by atoms with Crippen molar-refractivity contribution in [2.45, 2.75) is 18.2 Å². The molecule has 0 aliphatic rings. The summed E-state index contributed by atoms with van der Waals surface area (Å²) in [6, 6.07) is 3.84. The minimum absolute atomic E-state index is 0.154. The number of aliphatic carboxylic acids is 1. The van der Waals surface area contributed by atoms with Crippen LogP contribution in [0.3, 0.4) is 0 Å². The molecular formula is C13H20N2O7S2. The first-order valence-corrected chi connectivity index (χ1v) is 9.99. The molecule has 0 unspecified atom stereocenters. The molecule has 0 heterocycles. The summed E-state index contributed by atoms with van der Waals surface area (Å²) in [5.74, 6) is -1.10. The van der Waals surface area contributed by atoms with Gasteiger partial charge in [-0.25, -0.2) is 21.1 Å². The van der Waals surface area contributed by atoms with E-state index in [0.29, 0.717) is 0 Å². The SMILES string of the molecule is CCS(=O)(=O)Nc1cc(OC)ccc1S(=O)(=O)N(C)CCC(=O)O. The molecule has 0 spiro atoms. The zero-order valence-electron chi connectivity index (χ0n) is 13.5. The Hall–Kier alpha value is -1.85. The van der Waals surface area contributed by atoms with Gasteiger partial charge in [0.05, 0.1) is 25.0 Å². The van der Waals surface area contributed by atoms with Gasteiger partial charge in [-0.3, -0.25) is 9.52 Å². The first-order chi connectivity index (χ1) is 11.0. The van der Waals surface area contributed by atoms with Crippen LogP contribution < -0.4 is 9.46 Å². The molecule has 9 nitrogen and oxygen atoms in total. The molecule has 11 heteroatoms. The highest BCUT2D eigenvalue weighted by molar-refractivity contribution is 7.93. The fourth-order valence-corrected chi connectivity index (χ4v) is 3.73. The molecule has 0 amide bonds. The van der Waals surface area contributed by atoms with Crippen molar-refractivity contribution in [3.05, 3.63) is 18.2 Å². The number of carbonyl (C=O) groups is 1. The Balaban J connectivity index is 3.33. The summed E-state index contributed by atoms with van der Waals surface area (Å²) in [5, 5.41) is 8.68. The van der Waals surface area contributed by atoms with Gasteiger partial charge in [0, 0.05) is 19.7 Å². The maximum Gasteiger partial charge on any atom is 0.304 e. The van der Waals surface area contributed by atoms with Gasteiger partial charge in [-0.2, -0.15) is 0 Å². The third-order valence-corrected chi connectivity index (χ3v) is 6.37. The summed E-state index contributed by atoms with van der Waals surface area (Å²) in [4.78, 5) is 10.3. The van der Waals surface area contributed by atoms with Crippen molar-refractivity contribution < 1.29 is 31.5 Å². The standard InChI is InChI=1S/C13H20N2O7S2/c1-4-23(18,19)14-11-9-10(22-3)5-6-12(11)24(20,21)15(2)8-7-13(16)17/h5-6,9,14H,4,7-8H2,1-3H3,(H,16,17). The number of nitrogens with zero attached hydrogens (tertiary/aromatic N) is 1. The third kappa shape index (κ3) is 5.08. The van der Waals surface area contributed by atoms with E-state index in [1.807, 2.05) is 0 Å². The Bertz CT molecular complexity index is 804. The largest absolute Gasteiger partial charge is 0.497 e. The Morgan fingerprint density at radius 3 is 2.42 bits per heavy atom. The number of hydrogen-bond acceptors (Lipinski definition) is 6. The maximum absolute atomic E-state index is 12.6. The number of anilines is 1. The van der Waals surface area contributed by atoms with Crippen LogP contribution in [-0.4, -0.2) is 58.7 Å². The normalized spacial score (nSPS) is 12.2. The van der Waals surface area contributed by atoms with Gasteiger partial charge in [0.1, 0.15) is 10.6 Å². The van der Waals surface area contributed by atoms with E-state index in [1.165, 1.54) is 39.3 Å². The number of sulfonamides is 2. The van der Waals surface area contributed by atoms with Crippen molar-refractivity contribution in [1.29, 1.82) is 0 Å². The highest BCUT2D eigenvalue weighted by Crippen LogP contribution is 2.29. The van der Waals surface area contributed by atoms with Gasteiger partial charge in [-0.15, -0.1) is 0 Å². The van der Waals surface area contributed by atoms with E-state index >= 15 is 0 Å². The number of carboxylic acids is 1. The molecule has 0 aliphatic carbocycles. The zero-order valence-corrected chi connectivity index (χ0v) is 15.1. The van der Waals surface area contributed by atoms with Crippen LogP contribution >= 0.6 is 0 Å². The molecule has 0 saturated carbocycles. The van der Waals surface area contributed by atoms with Crippen molar-refractivity contribution in [1.82, 2.24) is 4.31 Å². The van der Waals surface area contributed by atoms with Gasteiger partial charge in [0.15, 0.2) is 0 Å². The molecule has 0 saturated heterocycles. The van der Waals surface area contributed by atoms with Crippen LogP contribution in [0.15, 0.2) is 23.1 Å². The molecule has 0 atom stereocenters. The molecular weight excluding hydrogens is 360 g/mol. The fourth-order valence-electron chi connectivity index (χ4n) is 1.72. The van der Waals surface area contributed by atoms with Gasteiger partial charge in [-0.05, 0) is 19.1 Å². The van der Waals surface area contributed by atoms with E-state index in [4.69, 9.17) is 9.84 Å². The molecule has 1 rings (SSSR count). The second-order valence-corrected chi connectivity index (χ2v) is 8.86. The van der Waals surface area contributed by atoms with E-state index in [1.54, 1.807) is 0 Å². The monoisotopic (exact) mass is 380 g/mol. The first-order valence-electron chi connectivity index (χ1n) is 6.90. The van der Waals surface area contributed by atoms with E-state index in [2.05, 4.69) is 4.72 Å². The number of carboxylic acid groups (broad SMARTS) is 1. The second-order valence-electron chi connectivity index (χ2n) is 4.84. The van der Waals surface area contributed by atoms with Gasteiger partial charge < -0.3 is 9.84 Å². The third-order valence-electron chi connectivity index (χ3n) is 3.16. The Morgan fingerprint density at radius 2 is 1.92 bits per heavy atom. The number of benzene rings is 1. The highest BCUT2D eigenvalue weighted by Gasteiger charge is 2.26. The van der Waals surface area contributed by atoms with E-state index in [0.717, 1.165) is 4.31 Å². The molecule has 0 aromatic heterocycles. The van der Waals surface area contributed by atoms with Gasteiger partial charge in [0.25, 0.3) is 0 Å². The number of methoxy groups -OCH3 is 1. The van der Waals surface area contributed by atoms with Crippen LogP contribution in [0, 0.1) is 0 Å². The van der Waals surface area contributed by atoms with E-state index in [9.17, 15) is 21.6 Å². The summed E-state index contributed by atoms with van der Waals surface area (Å²) in [6.45, 7) is 1.17. The quantitative estimate of drug-likeness (QED) is 0.640. The van der Waals surface area contributed by atoms with Gasteiger partial charge in [-0.1, -0.05) is 0 Å². The topological polar surface area (TPSA) is 130 Å². The van der Waals surface area contributed by atoms with Crippen molar-refractivity contribution in [3.63, 3.8) is 0 Å². The highest BCUT2D eigenvalue weighted by atomic mass is 32.2. The lowest BCUT2D eigenvalue weighted by Gasteiger charge is -2.19. The van der Waals surface area contributed by atoms with Crippen molar-refractivity contribution in [2.24, 2.45) is 0 Å². The Morgan fingerprint density at radius 1 is 1.29 bits per heavy atom. The molecule has 1 aromatic carbocycles. The summed E-state index contributed by atoms with van der Waals surface area (Å²) < 4.78 is 56.8. The minimum atomic E-state index is -4.08. The molecule has 0 aliphatic heterocycles. The maximum atomic E-state index is 12.6. The van der Waals surface area contributed by atoms with Crippen LogP contribution in [0.25, 0.3) is 0 Å². The second kappa shape index (κ2) is 7.81. The van der Waals surface area contributed by atoms with Gasteiger partial charge >= 0.3 is 5.97 Å². The van der Waals surface area contributed by atoms with Crippen LogP contribution in [-0.2, 0) is 24.8 Å². The molecule has 0 radical (unpaired) electrons. The molecule has 0 fully saturated rings. The summed E-state index contributed by atoms with van der Waals surface area (Å²) in [7, 11) is -5.21. The molecule has 24 heavy (non-hydrogen) atoms. The minimum Gasteiger partial charge on any atom is -0.497 e. The molecule has 0 bridgehead atoms. The van der Waals surface area contributed by atoms with Crippen molar-refractivity contribution in [2.75, 3.05) is 31.2 Å². The molecule has 136 valence electrons. The lowest BCUT2D eigenvalue weighted by Crippen LogP contribution is -2.30. The number of nitrogens with one attached hydrogen (secondary N) is 1. The lowest BCUT2D eigenvalue weighted by atomic mass is 10.3. The van der Waals surface area contributed by atoms with Crippen LogP contribution in [0.4, 0.5) is 5.69 Å². The smallest absolute Gasteiger partial charge is 0.304 e. The average molecular weight is 380 g/mol. The lowest BCUT2D eigenvalue weighted by molar-refractivity contribution is -0.137. The van der Waals surface area contributed by atoms with Crippen LogP contribution in [0.2, 0.25) is 0 Å². The van der Waals surface area contributed by atoms with Crippen LogP contribution in [0.5, 0.6) is 5.75 Å². The molecule has 1 aromatic rings. The fraction of sp³-hybridized carbons (Fsp3) is 0.462. The number of hydrogen-bond donors (Lipinski definition) is 2. The van der Waals surface area contributed by atoms with Gasteiger partial charge in [0.2, 0.25) is 20.0 Å². The number of ether oxygens (including phenoxy) is 1. The average Bonchev–Trinajstić information content (AvgIpc) is 2.51. The Labute approximate surface area is 141 Å². The Kier molecular flexibility index (Phi) is 6.58. The van der Waals surface area contributed by atoms with Crippen molar-refractivity contribution >= 4 is 31.7 Å². The van der Waals surface area contributed by atoms with E-state index in [-0.39, 0.29) is 35.1 Å². The summed E-state index contributed by atoms with van der Waals surface area (Å²) >= 11 is 0. The summed E-state index contributed by atoms with van der Waals surface area (Å²) in [6.07, 6.45) is -0.373. The predicted octanol–water partition coefficient (Wildman–Crippen LogP) is 0.552. The predicted molar refractivity (Wildman–Crippen MR) is 88.1 cm³/mol. The van der Waals surface area contributed by atoms with Crippen molar-refractivity contribution in [3.8, 4) is 5.75 Å².